The molecule has 3 rings (SSSR count). The highest BCUT2D eigenvalue weighted by atomic mass is 79.9. The van der Waals surface area contributed by atoms with Crippen LogP contribution in [-0.2, 0) is 4.79 Å². The minimum Gasteiger partial charge on any atom is -0.342 e. The van der Waals surface area contributed by atoms with Crippen molar-refractivity contribution in [3.8, 4) is 0 Å². The number of nitrogens with zero attached hydrogens (tertiary/aromatic N) is 1. The lowest BCUT2D eigenvalue weighted by Crippen LogP contribution is -2.32. The van der Waals surface area contributed by atoms with Gasteiger partial charge in [-0.15, -0.1) is 11.3 Å². The van der Waals surface area contributed by atoms with E-state index in [1.54, 1.807) is 12.1 Å². The summed E-state index contributed by atoms with van der Waals surface area (Å²) in [6, 6.07) is 10.9. The first-order chi connectivity index (χ1) is 10.6. The smallest absolute Gasteiger partial charge is 0.261 e. The van der Waals surface area contributed by atoms with Crippen LogP contribution >= 0.6 is 27.3 Å². The van der Waals surface area contributed by atoms with Gasteiger partial charge in [-0.3, -0.25) is 14.9 Å². The Hall–Kier alpha value is -2.19. The van der Waals surface area contributed by atoms with Gasteiger partial charge >= 0.3 is 0 Å². The number of hydrogen-bond donors (Lipinski definition) is 3. The second-order valence-electron chi connectivity index (χ2n) is 4.44. The van der Waals surface area contributed by atoms with E-state index in [0.717, 1.165) is 14.8 Å². The number of benzene rings is 1. The number of H-pyrrole nitrogens is 1. The second-order valence-corrected chi connectivity index (χ2v) is 6.90. The van der Waals surface area contributed by atoms with Crippen LogP contribution in [0.15, 0.2) is 40.2 Å². The maximum Gasteiger partial charge on any atom is 0.261 e. The first-order valence-corrected chi connectivity index (χ1v) is 8.01. The number of rotatable bonds is 4. The number of imidazole rings is 1. The number of hydrogen-bond acceptors (Lipinski definition) is 4. The van der Waals surface area contributed by atoms with Gasteiger partial charge in [0.15, 0.2) is 0 Å². The Balaban J connectivity index is 1.57. The number of aromatic nitrogens is 2. The van der Waals surface area contributed by atoms with Crippen molar-refractivity contribution in [1.82, 2.24) is 15.3 Å². The maximum atomic E-state index is 11.8. The van der Waals surface area contributed by atoms with E-state index in [1.165, 1.54) is 11.3 Å². The minimum absolute atomic E-state index is 0.120. The van der Waals surface area contributed by atoms with Crippen LogP contribution in [0.25, 0.3) is 11.0 Å². The Bertz CT molecular complexity index is 809. The molecule has 0 saturated heterocycles. The number of thiophene rings is 1. The molecule has 0 aliphatic rings. The highest BCUT2D eigenvalue weighted by molar-refractivity contribution is 9.11. The van der Waals surface area contributed by atoms with Crippen LogP contribution in [0.2, 0.25) is 0 Å². The summed E-state index contributed by atoms with van der Waals surface area (Å²) >= 11 is 4.60. The molecule has 0 saturated carbocycles. The molecule has 0 fully saturated rings. The molecule has 6 nitrogen and oxygen atoms in total. The highest BCUT2D eigenvalue weighted by Gasteiger charge is 2.11. The largest absolute Gasteiger partial charge is 0.342 e. The molecular weight excluding hydrogens is 368 g/mol. The average Bonchev–Trinajstić information content (AvgIpc) is 3.10. The van der Waals surface area contributed by atoms with E-state index in [-0.39, 0.29) is 18.4 Å². The summed E-state index contributed by atoms with van der Waals surface area (Å²) in [4.78, 5) is 31.4. The average molecular weight is 379 g/mol. The lowest BCUT2D eigenvalue weighted by molar-refractivity contribution is -0.115. The fraction of sp³-hybridized carbons (Fsp3) is 0.0714. The van der Waals surface area contributed by atoms with E-state index < -0.39 is 0 Å². The summed E-state index contributed by atoms with van der Waals surface area (Å²) in [7, 11) is 0. The third-order valence-electron chi connectivity index (χ3n) is 2.85. The normalized spacial score (nSPS) is 10.6. The van der Waals surface area contributed by atoms with Gasteiger partial charge in [-0.1, -0.05) is 12.1 Å². The Labute approximate surface area is 138 Å². The van der Waals surface area contributed by atoms with Gasteiger partial charge in [0.2, 0.25) is 11.9 Å². The molecule has 0 radical (unpaired) electrons. The standard InChI is InChI=1S/C14H11BrN4O2S/c15-11-6-5-10(22-11)13(21)16-7-12(20)19-14-17-8-3-1-2-4-9(8)18-14/h1-6H,7H2,(H,16,21)(H2,17,18,19,20). The van der Waals surface area contributed by atoms with E-state index >= 15 is 0 Å². The van der Waals surface area contributed by atoms with Crippen molar-refractivity contribution in [3.05, 3.63) is 45.1 Å². The Morgan fingerprint density at radius 1 is 1.23 bits per heavy atom. The van der Waals surface area contributed by atoms with E-state index in [2.05, 4.69) is 36.5 Å². The molecule has 0 bridgehead atoms. The molecule has 2 aromatic heterocycles. The van der Waals surface area contributed by atoms with Gasteiger partial charge in [-0.2, -0.15) is 0 Å². The third-order valence-corrected chi connectivity index (χ3v) is 4.48. The fourth-order valence-corrected chi connectivity index (χ4v) is 3.17. The zero-order valence-electron chi connectivity index (χ0n) is 11.2. The molecule has 112 valence electrons. The van der Waals surface area contributed by atoms with Crippen LogP contribution in [0, 0.1) is 0 Å². The fourth-order valence-electron chi connectivity index (χ4n) is 1.87. The number of amides is 2. The van der Waals surface area contributed by atoms with Crippen molar-refractivity contribution < 1.29 is 9.59 Å². The van der Waals surface area contributed by atoms with Crippen molar-refractivity contribution in [3.63, 3.8) is 0 Å². The number of halogens is 1. The van der Waals surface area contributed by atoms with Gasteiger partial charge in [0.25, 0.3) is 5.91 Å². The van der Waals surface area contributed by atoms with E-state index in [9.17, 15) is 9.59 Å². The Morgan fingerprint density at radius 2 is 2.05 bits per heavy atom. The molecule has 2 heterocycles. The first-order valence-electron chi connectivity index (χ1n) is 6.40. The van der Waals surface area contributed by atoms with Crippen LogP contribution in [-0.4, -0.2) is 28.3 Å². The molecule has 2 amide bonds. The number of nitrogens with one attached hydrogen (secondary N) is 3. The highest BCUT2D eigenvalue weighted by Crippen LogP contribution is 2.21. The molecular formula is C14H11BrN4O2S. The van der Waals surface area contributed by atoms with Gasteiger partial charge in [0, 0.05) is 0 Å². The number of aromatic amines is 1. The number of carbonyl (C=O) groups is 2. The summed E-state index contributed by atoms with van der Waals surface area (Å²) in [5.41, 5.74) is 1.61. The van der Waals surface area contributed by atoms with Crippen LogP contribution < -0.4 is 10.6 Å². The number of para-hydroxylation sites is 2. The quantitative estimate of drug-likeness (QED) is 0.652. The third kappa shape index (κ3) is 3.34. The molecule has 3 N–H and O–H groups in total. The van der Waals surface area contributed by atoms with Crippen molar-refractivity contribution >= 4 is 56.1 Å². The summed E-state index contributed by atoms with van der Waals surface area (Å²) in [5, 5.41) is 5.18. The number of carbonyl (C=O) groups excluding carboxylic acids is 2. The predicted octanol–water partition coefficient (Wildman–Crippen LogP) is 2.76. The summed E-state index contributed by atoms with van der Waals surface area (Å²) in [6.07, 6.45) is 0. The zero-order valence-corrected chi connectivity index (χ0v) is 13.6. The summed E-state index contributed by atoms with van der Waals surface area (Å²) < 4.78 is 0.865. The van der Waals surface area contributed by atoms with Crippen LogP contribution in [0.3, 0.4) is 0 Å². The van der Waals surface area contributed by atoms with Crippen molar-refractivity contribution in [2.24, 2.45) is 0 Å². The zero-order chi connectivity index (χ0) is 15.5. The summed E-state index contributed by atoms with van der Waals surface area (Å²) in [6.45, 7) is -0.120. The molecule has 0 spiro atoms. The first kappa shape index (κ1) is 14.7. The van der Waals surface area contributed by atoms with E-state index in [1.807, 2.05) is 24.3 Å². The van der Waals surface area contributed by atoms with Crippen molar-refractivity contribution in [2.45, 2.75) is 0 Å². The van der Waals surface area contributed by atoms with E-state index in [0.29, 0.717) is 10.8 Å². The monoisotopic (exact) mass is 378 g/mol. The second kappa shape index (κ2) is 6.29. The molecule has 1 aromatic carbocycles. The number of fused-ring (bicyclic) bond motifs is 1. The molecule has 0 aliphatic heterocycles. The van der Waals surface area contributed by atoms with Crippen LogP contribution in [0.4, 0.5) is 5.95 Å². The van der Waals surface area contributed by atoms with Gasteiger partial charge < -0.3 is 10.3 Å². The molecule has 0 aliphatic carbocycles. The Morgan fingerprint density at radius 3 is 2.77 bits per heavy atom. The Kier molecular flexibility index (Phi) is 4.21. The van der Waals surface area contributed by atoms with Crippen molar-refractivity contribution in [1.29, 1.82) is 0 Å². The SMILES string of the molecule is O=C(CNC(=O)c1ccc(Br)s1)Nc1nc2ccccc2[nH]1. The molecule has 22 heavy (non-hydrogen) atoms. The van der Waals surface area contributed by atoms with Gasteiger partial charge in [0.1, 0.15) is 0 Å². The van der Waals surface area contributed by atoms with E-state index in [4.69, 9.17) is 0 Å². The molecule has 0 unspecified atom stereocenters. The lowest BCUT2D eigenvalue weighted by atomic mass is 10.3. The molecule has 0 atom stereocenters. The minimum atomic E-state index is -0.344. The maximum absolute atomic E-state index is 11.8. The topological polar surface area (TPSA) is 86.9 Å². The predicted molar refractivity (Wildman–Crippen MR) is 89.1 cm³/mol. The van der Waals surface area contributed by atoms with Crippen LogP contribution in [0.5, 0.6) is 0 Å². The summed E-state index contributed by atoms with van der Waals surface area (Å²) in [5.74, 6) is -0.266. The lowest BCUT2D eigenvalue weighted by Gasteiger charge is -2.03. The molecule has 8 heteroatoms. The van der Waals surface area contributed by atoms with Gasteiger partial charge in [-0.25, -0.2) is 4.98 Å². The van der Waals surface area contributed by atoms with Crippen molar-refractivity contribution in [2.75, 3.05) is 11.9 Å². The van der Waals surface area contributed by atoms with Gasteiger partial charge in [-0.05, 0) is 40.2 Å². The van der Waals surface area contributed by atoms with Crippen LogP contribution in [0.1, 0.15) is 9.67 Å². The molecule has 3 aromatic rings. The van der Waals surface area contributed by atoms with Gasteiger partial charge in [0.05, 0.1) is 26.2 Å². The number of anilines is 1.